The predicted molar refractivity (Wildman–Crippen MR) is 133 cm³/mol. The molecule has 33 heavy (non-hydrogen) atoms. The van der Waals surface area contributed by atoms with Crippen LogP contribution in [0, 0.1) is 0 Å². The first kappa shape index (κ1) is 24.3. The van der Waals surface area contributed by atoms with Crippen LogP contribution in [0.25, 0.3) is 0 Å². The Morgan fingerprint density at radius 3 is 2.48 bits per heavy atom. The van der Waals surface area contributed by atoms with Gasteiger partial charge in [-0.05, 0) is 54.5 Å². The first-order valence-electron chi connectivity index (χ1n) is 11.5. The Labute approximate surface area is 196 Å². The van der Waals surface area contributed by atoms with Crippen LogP contribution in [0.15, 0.2) is 53.5 Å². The van der Waals surface area contributed by atoms with E-state index in [4.69, 9.17) is 0 Å². The first-order valence-corrected chi connectivity index (χ1v) is 11.5. The molecule has 3 rings (SSSR count). The number of hydrogen-bond donors (Lipinski definition) is 2. The quantitative estimate of drug-likeness (QED) is 0.501. The molecule has 0 fully saturated rings. The molecule has 0 saturated carbocycles. The van der Waals surface area contributed by atoms with E-state index in [0.29, 0.717) is 18.1 Å². The molecule has 2 aromatic rings. The first-order chi connectivity index (χ1) is 15.8. The van der Waals surface area contributed by atoms with E-state index in [1.165, 1.54) is 11.1 Å². The Kier molecular flexibility index (Phi) is 8.46. The topological polar surface area (TPSA) is 77.0 Å². The highest BCUT2D eigenvalue weighted by Crippen LogP contribution is 2.21. The summed E-state index contributed by atoms with van der Waals surface area (Å²) in [4.78, 5) is 32.0. The molecule has 176 valence electrons. The minimum absolute atomic E-state index is 0.00601. The van der Waals surface area contributed by atoms with E-state index in [1.54, 1.807) is 38.0 Å². The van der Waals surface area contributed by atoms with Crippen molar-refractivity contribution in [3.8, 4) is 0 Å². The van der Waals surface area contributed by atoms with E-state index in [0.717, 1.165) is 31.2 Å². The monoisotopic (exact) mass is 449 g/mol. The van der Waals surface area contributed by atoms with Gasteiger partial charge in [-0.25, -0.2) is 4.99 Å². The average molecular weight is 450 g/mol. The van der Waals surface area contributed by atoms with Crippen LogP contribution < -0.4 is 10.6 Å². The summed E-state index contributed by atoms with van der Waals surface area (Å²) in [6, 6.07) is 16.5. The summed E-state index contributed by atoms with van der Waals surface area (Å²) in [5, 5.41) is 6.91. The lowest BCUT2D eigenvalue weighted by Gasteiger charge is -2.27. The largest absolute Gasteiger partial charge is 0.356 e. The minimum Gasteiger partial charge on any atom is -0.356 e. The van der Waals surface area contributed by atoms with Gasteiger partial charge < -0.3 is 20.4 Å². The van der Waals surface area contributed by atoms with E-state index in [9.17, 15) is 9.59 Å². The Morgan fingerprint density at radius 2 is 1.76 bits per heavy atom. The van der Waals surface area contributed by atoms with E-state index >= 15 is 0 Å². The van der Waals surface area contributed by atoms with Crippen molar-refractivity contribution in [2.45, 2.75) is 31.7 Å². The number of carbonyl (C=O) groups excluding carboxylic acids is 2. The van der Waals surface area contributed by atoms with Crippen molar-refractivity contribution in [3.05, 3.63) is 70.8 Å². The van der Waals surface area contributed by atoms with Crippen molar-refractivity contribution < 1.29 is 9.59 Å². The van der Waals surface area contributed by atoms with E-state index < -0.39 is 0 Å². The second-order valence-electron chi connectivity index (χ2n) is 8.88. The molecule has 1 aliphatic carbocycles. The van der Waals surface area contributed by atoms with Gasteiger partial charge in [0.25, 0.3) is 5.91 Å². The second-order valence-corrected chi connectivity index (χ2v) is 8.88. The van der Waals surface area contributed by atoms with Crippen molar-refractivity contribution in [3.63, 3.8) is 0 Å². The molecule has 0 aromatic heterocycles. The van der Waals surface area contributed by atoms with Gasteiger partial charge in [0.2, 0.25) is 5.91 Å². The number of nitrogens with one attached hydrogen (secondary N) is 2. The summed E-state index contributed by atoms with van der Waals surface area (Å²) in [5.74, 6) is 0.601. The highest BCUT2D eigenvalue weighted by atomic mass is 16.2. The number of benzene rings is 2. The number of fused-ring (bicyclic) bond motifs is 1. The Morgan fingerprint density at radius 1 is 1.00 bits per heavy atom. The number of carbonyl (C=O) groups is 2. The number of aliphatic imine (C=N–C) groups is 1. The van der Waals surface area contributed by atoms with E-state index in [1.807, 2.05) is 24.3 Å². The van der Waals surface area contributed by atoms with Gasteiger partial charge in [0, 0.05) is 46.3 Å². The predicted octanol–water partition coefficient (Wildman–Crippen LogP) is 2.11. The molecule has 0 heterocycles. The van der Waals surface area contributed by atoms with Gasteiger partial charge in [0.05, 0.1) is 0 Å². The van der Waals surface area contributed by atoms with Crippen molar-refractivity contribution >= 4 is 17.8 Å². The van der Waals surface area contributed by atoms with Gasteiger partial charge in [-0.3, -0.25) is 9.59 Å². The molecule has 2 N–H and O–H groups in total. The van der Waals surface area contributed by atoms with Crippen molar-refractivity contribution in [2.24, 2.45) is 4.99 Å². The maximum atomic E-state index is 12.2. The number of rotatable bonds is 7. The third-order valence-corrected chi connectivity index (χ3v) is 5.85. The molecule has 1 atom stereocenters. The van der Waals surface area contributed by atoms with Crippen molar-refractivity contribution in [1.82, 2.24) is 20.4 Å². The van der Waals surface area contributed by atoms with Crippen LogP contribution in [0.5, 0.6) is 0 Å². The van der Waals surface area contributed by atoms with Gasteiger partial charge in [-0.1, -0.05) is 36.4 Å². The van der Waals surface area contributed by atoms with Crippen molar-refractivity contribution in [2.75, 3.05) is 41.3 Å². The molecule has 1 unspecified atom stereocenters. The number of guanidine groups is 1. The molecule has 0 bridgehead atoms. The van der Waals surface area contributed by atoms with Crippen LogP contribution in [0.3, 0.4) is 0 Å². The van der Waals surface area contributed by atoms with Crippen LogP contribution in [0.1, 0.15) is 33.5 Å². The minimum atomic E-state index is -0.0417. The fourth-order valence-electron chi connectivity index (χ4n) is 3.90. The van der Waals surface area contributed by atoms with Crippen LogP contribution in [0.2, 0.25) is 0 Å². The van der Waals surface area contributed by atoms with Crippen LogP contribution in [0.4, 0.5) is 0 Å². The number of hydrogen-bond acceptors (Lipinski definition) is 3. The fourth-order valence-corrected chi connectivity index (χ4v) is 3.90. The summed E-state index contributed by atoms with van der Waals surface area (Å²) in [7, 11) is 6.98. The zero-order valence-corrected chi connectivity index (χ0v) is 20.1. The molecule has 7 nitrogen and oxygen atoms in total. The summed E-state index contributed by atoms with van der Waals surface area (Å²) in [6.45, 7) is 0.739. The Bertz CT molecular complexity index is 1000. The average Bonchev–Trinajstić information content (AvgIpc) is 2.81. The van der Waals surface area contributed by atoms with Gasteiger partial charge in [0.15, 0.2) is 5.96 Å². The van der Waals surface area contributed by atoms with Gasteiger partial charge >= 0.3 is 0 Å². The van der Waals surface area contributed by atoms with Crippen LogP contribution >= 0.6 is 0 Å². The third kappa shape index (κ3) is 7.07. The molecule has 0 spiro atoms. The van der Waals surface area contributed by atoms with Crippen LogP contribution in [-0.4, -0.2) is 74.9 Å². The third-order valence-electron chi connectivity index (χ3n) is 5.85. The Balaban J connectivity index is 1.63. The summed E-state index contributed by atoms with van der Waals surface area (Å²) in [5.41, 5.74) is 4.54. The molecular formula is C26H35N5O2. The molecule has 0 aliphatic heterocycles. The van der Waals surface area contributed by atoms with Gasteiger partial charge in [-0.15, -0.1) is 0 Å². The SMILES string of the molecule is CN(C)C(=O)CN=C(NCCc1cccc(C(=O)N(C)C)c1)NC1CCc2ccccc2C1. The zero-order chi connectivity index (χ0) is 23.8. The second kappa shape index (κ2) is 11.5. The summed E-state index contributed by atoms with van der Waals surface area (Å²) < 4.78 is 0. The summed E-state index contributed by atoms with van der Waals surface area (Å²) >= 11 is 0. The summed E-state index contributed by atoms with van der Waals surface area (Å²) in [6.07, 6.45) is 3.73. The standard InChI is InChI=1S/C26H35N5O2/c1-30(2)24(32)18-28-26(29-23-13-12-20-9-5-6-10-21(20)17-23)27-15-14-19-8-7-11-22(16-19)25(33)31(3)4/h5-11,16,23H,12-15,17-18H2,1-4H3,(H2,27,28,29). The maximum absolute atomic E-state index is 12.2. The molecule has 7 heteroatoms. The normalized spacial score (nSPS) is 15.4. The van der Waals surface area contributed by atoms with E-state index in [-0.39, 0.29) is 24.4 Å². The fraction of sp³-hybridized carbons (Fsp3) is 0.423. The lowest BCUT2D eigenvalue weighted by Crippen LogP contribution is -2.46. The van der Waals surface area contributed by atoms with Crippen molar-refractivity contribution in [1.29, 1.82) is 0 Å². The highest BCUT2D eigenvalue weighted by Gasteiger charge is 2.19. The number of amides is 2. The molecule has 2 aromatic carbocycles. The molecule has 0 radical (unpaired) electrons. The molecule has 0 saturated heterocycles. The maximum Gasteiger partial charge on any atom is 0.253 e. The number of aryl methyl sites for hydroxylation is 1. The molecular weight excluding hydrogens is 414 g/mol. The van der Waals surface area contributed by atoms with E-state index in [2.05, 4.69) is 39.9 Å². The lowest BCUT2D eigenvalue weighted by molar-refractivity contribution is -0.127. The molecule has 2 amide bonds. The lowest BCUT2D eigenvalue weighted by atomic mass is 9.88. The highest BCUT2D eigenvalue weighted by molar-refractivity contribution is 5.94. The number of likely N-dealkylation sites (N-methyl/N-ethyl adjacent to an activating group) is 1. The zero-order valence-electron chi connectivity index (χ0n) is 20.1. The van der Waals surface area contributed by atoms with Gasteiger partial charge in [-0.2, -0.15) is 0 Å². The smallest absolute Gasteiger partial charge is 0.253 e. The van der Waals surface area contributed by atoms with Gasteiger partial charge in [0.1, 0.15) is 6.54 Å². The Hall–Kier alpha value is -3.35. The van der Waals surface area contributed by atoms with Crippen LogP contribution in [-0.2, 0) is 24.1 Å². The molecule has 1 aliphatic rings. The number of nitrogens with zero attached hydrogens (tertiary/aromatic N) is 3.